The highest BCUT2D eigenvalue weighted by Gasteiger charge is 2.11. The second-order valence-electron chi connectivity index (χ2n) is 5.31. The monoisotopic (exact) mass is 298 g/mol. The lowest BCUT2D eigenvalue weighted by molar-refractivity contribution is 0.0939. The highest BCUT2D eigenvalue weighted by molar-refractivity contribution is 5.95. The minimum Gasteiger partial charge on any atom is -0.487 e. The Morgan fingerprint density at radius 3 is 2.59 bits per heavy atom. The van der Waals surface area contributed by atoms with Gasteiger partial charge in [0.05, 0.1) is 5.69 Å². The number of nitrogens with two attached hydrogens (primary N) is 1. The minimum atomic E-state index is -0.115. The maximum Gasteiger partial charge on any atom is 0.251 e. The van der Waals surface area contributed by atoms with Crippen LogP contribution in [0.1, 0.15) is 36.2 Å². The topological polar surface area (TPSA) is 64.3 Å². The molecule has 0 radical (unpaired) electrons. The standard InChI is InChI=1S/C18H22N2O2/c1-3-13(2)20-18(21)15-9-10-17(16(19)11-15)22-12-14-7-5-4-6-8-14/h4-11,13H,3,12,19H2,1-2H3,(H,20,21). The summed E-state index contributed by atoms with van der Waals surface area (Å²) in [5, 5.41) is 2.92. The normalized spacial score (nSPS) is 11.7. The number of benzene rings is 2. The van der Waals surface area contributed by atoms with E-state index in [9.17, 15) is 4.79 Å². The van der Waals surface area contributed by atoms with E-state index >= 15 is 0 Å². The molecule has 0 saturated heterocycles. The van der Waals surface area contributed by atoms with Crippen molar-refractivity contribution in [3.63, 3.8) is 0 Å². The van der Waals surface area contributed by atoms with Crippen LogP contribution in [-0.4, -0.2) is 11.9 Å². The van der Waals surface area contributed by atoms with Crippen molar-refractivity contribution < 1.29 is 9.53 Å². The number of anilines is 1. The summed E-state index contributed by atoms with van der Waals surface area (Å²) < 4.78 is 5.70. The summed E-state index contributed by atoms with van der Waals surface area (Å²) in [6, 6.07) is 15.1. The van der Waals surface area contributed by atoms with E-state index < -0.39 is 0 Å². The van der Waals surface area contributed by atoms with Gasteiger partial charge in [0.25, 0.3) is 5.91 Å². The third kappa shape index (κ3) is 4.25. The molecule has 4 nitrogen and oxygen atoms in total. The van der Waals surface area contributed by atoms with E-state index in [-0.39, 0.29) is 11.9 Å². The van der Waals surface area contributed by atoms with Crippen molar-refractivity contribution in [1.82, 2.24) is 5.32 Å². The third-order valence-corrected chi connectivity index (χ3v) is 3.50. The SMILES string of the molecule is CCC(C)NC(=O)c1ccc(OCc2ccccc2)c(N)c1. The number of ether oxygens (including phenoxy) is 1. The summed E-state index contributed by atoms with van der Waals surface area (Å²) in [5.74, 6) is 0.472. The number of nitrogens with one attached hydrogen (secondary N) is 1. The Labute approximate surface area is 131 Å². The van der Waals surface area contributed by atoms with Crippen molar-refractivity contribution in [2.75, 3.05) is 5.73 Å². The highest BCUT2D eigenvalue weighted by Crippen LogP contribution is 2.23. The second-order valence-corrected chi connectivity index (χ2v) is 5.31. The fourth-order valence-electron chi connectivity index (χ4n) is 1.97. The van der Waals surface area contributed by atoms with Crippen molar-refractivity contribution in [1.29, 1.82) is 0 Å². The first kappa shape index (κ1) is 15.9. The van der Waals surface area contributed by atoms with Gasteiger partial charge in [0.2, 0.25) is 0 Å². The summed E-state index contributed by atoms with van der Waals surface area (Å²) in [4.78, 5) is 12.0. The van der Waals surface area contributed by atoms with Gasteiger partial charge in [-0.05, 0) is 37.1 Å². The smallest absolute Gasteiger partial charge is 0.251 e. The molecule has 0 saturated carbocycles. The number of carbonyl (C=O) groups excluding carboxylic acids is 1. The zero-order chi connectivity index (χ0) is 15.9. The van der Waals surface area contributed by atoms with E-state index in [1.54, 1.807) is 18.2 Å². The van der Waals surface area contributed by atoms with Gasteiger partial charge in [0.1, 0.15) is 12.4 Å². The molecule has 3 N–H and O–H groups in total. The molecule has 0 aliphatic rings. The number of hydrogen-bond acceptors (Lipinski definition) is 3. The highest BCUT2D eigenvalue weighted by atomic mass is 16.5. The molecule has 0 heterocycles. The molecule has 22 heavy (non-hydrogen) atoms. The van der Waals surface area contributed by atoms with Crippen molar-refractivity contribution >= 4 is 11.6 Å². The third-order valence-electron chi connectivity index (χ3n) is 3.50. The predicted molar refractivity (Wildman–Crippen MR) is 88.8 cm³/mol. The van der Waals surface area contributed by atoms with Crippen molar-refractivity contribution in [3.05, 3.63) is 59.7 Å². The van der Waals surface area contributed by atoms with Crippen LogP contribution in [0, 0.1) is 0 Å². The molecule has 0 fully saturated rings. The fourth-order valence-corrected chi connectivity index (χ4v) is 1.97. The molecule has 0 aliphatic heterocycles. The zero-order valence-electron chi connectivity index (χ0n) is 13.0. The number of amides is 1. The lowest BCUT2D eigenvalue weighted by Crippen LogP contribution is -2.31. The van der Waals surface area contributed by atoms with Gasteiger partial charge in [0.15, 0.2) is 0 Å². The number of rotatable bonds is 6. The van der Waals surface area contributed by atoms with E-state index in [1.165, 1.54) is 0 Å². The Kier molecular flexibility index (Phi) is 5.42. The molecule has 0 aliphatic carbocycles. The Hall–Kier alpha value is -2.49. The Morgan fingerprint density at radius 1 is 1.23 bits per heavy atom. The maximum atomic E-state index is 12.0. The molecular weight excluding hydrogens is 276 g/mol. The van der Waals surface area contributed by atoms with Crippen LogP contribution in [0.3, 0.4) is 0 Å². The van der Waals surface area contributed by atoms with Gasteiger partial charge in [-0.1, -0.05) is 37.3 Å². The average molecular weight is 298 g/mol. The molecular formula is C18H22N2O2. The molecule has 2 rings (SSSR count). The Bertz CT molecular complexity index is 626. The van der Waals surface area contributed by atoms with Crippen molar-refractivity contribution in [2.24, 2.45) is 0 Å². The fraction of sp³-hybridized carbons (Fsp3) is 0.278. The first-order chi connectivity index (χ1) is 10.6. The summed E-state index contributed by atoms with van der Waals surface area (Å²) in [6.07, 6.45) is 0.888. The summed E-state index contributed by atoms with van der Waals surface area (Å²) in [7, 11) is 0. The molecule has 0 aromatic heterocycles. The zero-order valence-corrected chi connectivity index (χ0v) is 13.0. The van der Waals surface area contributed by atoms with E-state index in [4.69, 9.17) is 10.5 Å². The molecule has 1 atom stereocenters. The Balaban J connectivity index is 2.02. The first-order valence-corrected chi connectivity index (χ1v) is 7.47. The molecule has 2 aromatic rings. The van der Waals surface area contributed by atoms with Gasteiger partial charge < -0.3 is 15.8 Å². The van der Waals surface area contributed by atoms with Crippen LogP contribution in [0.5, 0.6) is 5.75 Å². The van der Waals surface area contributed by atoms with Gasteiger partial charge >= 0.3 is 0 Å². The first-order valence-electron chi connectivity index (χ1n) is 7.47. The van der Waals surface area contributed by atoms with E-state index in [2.05, 4.69) is 5.32 Å². The molecule has 4 heteroatoms. The second kappa shape index (κ2) is 7.50. The van der Waals surface area contributed by atoms with E-state index in [1.807, 2.05) is 44.2 Å². The molecule has 2 aromatic carbocycles. The molecule has 116 valence electrons. The molecule has 1 unspecified atom stereocenters. The van der Waals surface area contributed by atoms with Gasteiger partial charge in [0, 0.05) is 11.6 Å². The van der Waals surface area contributed by atoms with Crippen LogP contribution in [0.4, 0.5) is 5.69 Å². The van der Waals surface area contributed by atoms with Gasteiger partial charge in [-0.3, -0.25) is 4.79 Å². The van der Waals surface area contributed by atoms with E-state index in [0.717, 1.165) is 12.0 Å². The van der Waals surface area contributed by atoms with Crippen LogP contribution in [0.25, 0.3) is 0 Å². The average Bonchev–Trinajstić information content (AvgIpc) is 2.54. The van der Waals surface area contributed by atoms with Crippen LogP contribution in [0.2, 0.25) is 0 Å². The van der Waals surface area contributed by atoms with Crippen molar-refractivity contribution in [3.8, 4) is 5.75 Å². The number of nitrogen functional groups attached to an aromatic ring is 1. The molecule has 1 amide bonds. The van der Waals surface area contributed by atoms with Crippen molar-refractivity contribution in [2.45, 2.75) is 32.9 Å². The maximum absolute atomic E-state index is 12.0. The predicted octanol–water partition coefficient (Wildman–Crippen LogP) is 3.38. The summed E-state index contributed by atoms with van der Waals surface area (Å²) in [6.45, 7) is 4.45. The van der Waals surface area contributed by atoms with Crippen LogP contribution in [-0.2, 0) is 6.61 Å². The minimum absolute atomic E-state index is 0.115. The molecule has 0 bridgehead atoms. The lowest BCUT2D eigenvalue weighted by atomic mass is 10.1. The number of hydrogen-bond donors (Lipinski definition) is 2. The van der Waals surface area contributed by atoms with E-state index in [0.29, 0.717) is 23.6 Å². The van der Waals surface area contributed by atoms with Gasteiger partial charge in [-0.2, -0.15) is 0 Å². The quantitative estimate of drug-likeness (QED) is 0.804. The summed E-state index contributed by atoms with van der Waals surface area (Å²) in [5.41, 5.74) is 8.06. The van der Waals surface area contributed by atoms with Crippen LogP contribution < -0.4 is 15.8 Å². The largest absolute Gasteiger partial charge is 0.487 e. The van der Waals surface area contributed by atoms with Gasteiger partial charge in [-0.25, -0.2) is 0 Å². The molecule has 0 spiro atoms. The van der Waals surface area contributed by atoms with Crippen LogP contribution in [0.15, 0.2) is 48.5 Å². The lowest BCUT2D eigenvalue weighted by Gasteiger charge is -2.13. The van der Waals surface area contributed by atoms with Crippen LogP contribution >= 0.6 is 0 Å². The Morgan fingerprint density at radius 2 is 1.95 bits per heavy atom. The van der Waals surface area contributed by atoms with Gasteiger partial charge in [-0.15, -0.1) is 0 Å². The summed E-state index contributed by atoms with van der Waals surface area (Å²) >= 11 is 0. The number of carbonyl (C=O) groups is 1.